The summed E-state index contributed by atoms with van der Waals surface area (Å²) in [7, 11) is 0. The first-order valence-corrected chi connectivity index (χ1v) is 6.74. The summed E-state index contributed by atoms with van der Waals surface area (Å²) in [6.07, 6.45) is 7.33. The minimum atomic E-state index is 0.349. The van der Waals surface area contributed by atoms with E-state index in [2.05, 4.69) is 55.2 Å². The highest BCUT2D eigenvalue weighted by atomic mass is 15.2. The molecule has 1 aliphatic heterocycles. The number of allylic oxidation sites excluding steroid dienone is 1. The zero-order valence-electron chi connectivity index (χ0n) is 10.8. The van der Waals surface area contributed by atoms with E-state index in [-0.39, 0.29) is 0 Å². The van der Waals surface area contributed by atoms with Gasteiger partial charge in [-0.25, -0.2) is 0 Å². The van der Waals surface area contributed by atoms with Crippen LogP contribution in [0.25, 0.3) is 6.08 Å². The third-order valence-electron chi connectivity index (χ3n) is 4.50. The zero-order valence-corrected chi connectivity index (χ0v) is 10.8. The number of rotatable bonds is 1. The van der Waals surface area contributed by atoms with E-state index >= 15 is 0 Å². The Kier molecular flexibility index (Phi) is 2.59. The Balaban J connectivity index is 1.85. The summed E-state index contributed by atoms with van der Waals surface area (Å²) in [5.41, 5.74) is 3.34. The lowest BCUT2D eigenvalue weighted by Gasteiger charge is -2.41. The zero-order chi connectivity index (χ0) is 11.9. The van der Waals surface area contributed by atoms with Gasteiger partial charge in [0.1, 0.15) is 0 Å². The molecule has 1 aliphatic carbocycles. The summed E-state index contributed by atoms with van der Waals surface area (Å²) in [4.78, 5) is 2.60. The van der Waals surface area contributed by atoms with Crippen LogP contribution in [0.4, 0.5) is 0 Å². The smallest absolute Gasteiger partial charge is 0.0165 e. The highest BCUT2D eigenvalue weighted by Crippen LogP contribution is 2.43. The van der Waals surface area contributed by atoms with Gasteiger partial charge in [-0.3, -0.25) is 0 Å². The number of likely N-dealkylation sites (tertiary alicyclic amines) is 1. The van der Waals surface area contributed by atoms with Crippen molar-refractivity contribution >= 4 is 6.08 Å². The molecule has 0 bridgehead atoms. The van der Waals surface area contributed by atoms with Crippen molar-refractivity contribution in [3.8, 4) is 0 Å². The maximum absolute atomic E-state index is 2.60. The third-order valence-corrected chi connectivity index (χ3v) is 4.50. The molecule has 0 N–H and O–H groups in total. The van der Waals surface area contributed by atoms with Gasteiger partial charge in [0.25, 0.3) is 0 Å². The van der Waals surface area contributed by atoms with Crippen molar-refractivity contribution in [2.75, 3.05) is 13.1 Å². The lowest BCUT2D eigenvalue weighted by molar-refractivity contribution is 0.149. The Morgan fingerprint density at radius 1 is 1.12 bits per heavy atom. The first-order chi connectivity index (χ1) is 8.21. The maximum Gasteiger partial charge on any atom is 0.0165 e. The molecule has 1 saturated heterocycles. The molecule has 1 fully saturated rings. The number of hydrogen-bond acceptors (Lipinski definition) is 1. The highest BCUT2D eigenvalue weighted by Gasteiger charge is 2.37. The second-order valence-corrected chi connectivity index (χ2v) is 5.71. The van der Waals surface area contributed by atoms with E-state index in [0.717, 1.165) is 0 Å². The Morgan fingerprint density at radius 3 is 2.53 bits per heavy atom. The van der Waals surface area contributed by atoms with Crippen LogP contribution in [0, 0.1) is 0 Å². The van der Waals surface area contributed by atoms with E-state index in [1.54, 1.807) is 5.56 Å². The Morgan fingerprint density at radius 2 is 1.82 bits per heavy atom. The van der Waals surface area contributed by atoms with Gasteiger partial charge >= 0.3 is 0 Å². The number of piperidine rings is 1. The van der Waals surface area contributed by atoms with Crippen LogP contribution in [0.5, 0.6) is 0 Å². The van der Waals surface area contributed by atoms with Gasteiger partial charge in [-0.1, -0.05) is 36.4 Å². The summed E-state index contributed by atoms with van der Waals surface area (Å²) in [6.45, 7) is 7.07. The van der Waals surface area contributed by atoms with Gasteiger partial charge in [0.05, 0.1) is 0 Å². The molecule has 17 heavy (non-hydrogen) atoms. The summed E-state index contributed by atoms with van der Waals surface area (Å²) in [5, 5.41) is 0. The van der Waals surface area contributed by atoms with Crippen LogP contribution in [0.1, 0.15) is 37.8 Å². The van der Waals surface area contributed by atoms with E-state index in [0.29, 0.717) is 11.5 Å². The van der Waals surface area contributed by atoms with E-state index in [1.807, 2.05) is 0 Å². The van der Waals surface area contributed by atoms with Crippen LogP contribution in [0.3, 0.4) is 0 Å². The van der Waals surface area contributed by atoms with Gasteiger partial charge in [0.2, 0.25) is 0 Å². The molecule has 0 aromatic heterocycles. The monoisotopic (exact) mass is 227 g/mol. The van der Waals surface area contributed by atoms with Gasteiger partial charge < -0.3 is 4.90 Å². The van der Waals surface area contributed by atoms with Crippen molar-refractivity contribution in [1.29, 1.82) is 0 Å². The lowest BCUT2D eigenvalue weighted by atomic mass is 9.74. The molecule has 2 aliphatic rings. The highest BCUT2D eigenvalue weighted by molar-refractivity contribution is 5.65. The standard InChI is InChI=1S/C16H21N/c1-13(2)17-11-9-16(10-12-17)8-7-14-5-3-4-6-15(14)16/h3-8,13H,9-12H2,1-2H3. The molecular formula is C16H21N. The third kappa shape index (κ3) is 1.73. The molecule has 3 rings (SSSR count). The second kappa shape index (κ2) is 3.99. The van der Waals surface area contributed by atoms with Crippen LogP contribution in [-0.4, -0.2) is 24.0 Å². The van der Waals surface area contributed by atoms with Gasteiger partial charge in [-0.15, -0.1) is 0 Å². The minimum absolute atomic E-state index is 0.349. The van der Waals surface area contributed by atoms with Gasteiger partial charge in [0, 0.05) is 11.5 Å². The largest absolute Gasteiger partial charge is 0.301 e. The first kappa shape index (κ1) is 11.0. The Hall–Kier alpha value is -1.08. The predicted molar refractivity (Wildman–Crippen MR) is 73.1 cm³/mol. The summed E-state index contributed by atoms with van der Waals surface area (Å²) in [5.74, 6) is 0. The fourth-order valence-electron chi connectivity index (χ4n) is 3.31. The molecule has 90 valence electrons. The molecule has 1 heterocycles. The normalized spacial score (nSPS) is 22.3. The van der Waals surface area contributed by atoms with Crippen LogP contribution in [-0.2, 0) is 5.41 Å². The van der Waals surface area contributed by atoms with Gasteiger partial charge in [-0.2, -0.15) is 0 Å². The molecule has 0 unspecified atom stereocenters. The van der Waals surface area contributed by atoms with E-state index in [1.165, 1.54) is 31.5 Å². The molecule has 0 amide bonds. The SMILES string of the molecule is CC(C)N1CCC2(C=Cc3ccccc32)CC1. The van der Waals surface area contributed by atoms with Gasteiger partial charge in [-0.05, 0) is 50.9 Å². The maximum atomic E-state index is 2.60. The summed E-state index contributed by atoms with van der Waals surface area (Å²) >= 11 is 0. The van der Waals surface area contributed by atoms with E-state index < -0.39 is 0 Å². The average Bonchev–Trinajstić information content (AvgIpc) is 2.70. The lowest BCUT2D eigenvalue weighted by Crippen LogP contribution is -2.44. The molecule has 1 aromatic rings. The Labute approximate surface area is 104 Å². The van der Waals surface area contributed by atoms with Crippen molar-refractivity contribution in [2.45, 2.75) is 38.1 Å². The fourth-order valence-corrected chi connectivity index (χ4v) is 3.31. The minimum Gasteiger partial charge on any atom is -0.301 e. The summed E-state index contributed by atoms with van der Waals surface area (Å²) in [6, 6.07) is 9.58. The topological polar surface area (TPSA) is 3.24 Å². The molecule has 0 saturated carbocycles. The van der Waals surface area contributed by atoms with E-state index in [4.69, 9.17) is 0 Å². The van der Waals surface area contributed by atoms with Crippen LogP contribution in [0.2, 0.25) is 0 Å². The van der Waals surface area contributed by atoms with Crippen molar-refractivity contribution in [3.63, 3.8) is 0 Å². The molecular weight excluding hydrogens is 206 g/mol. The molecule has 1 spiro atoms. The van der Waals surface area contributed by atoms with Crippen molar-refractivity contribution in [2.24, 2.45) is 0 Å². The quantitative estimate of drug-likeness (QED) is 0.710. The Bertz CT molecular complexity index is 437. The summed E-state index contributed by atoms with van der Waals surface area (Å²) < 4.78 is 0. The van der Waals surface area contributed by atoms with E-state index in [9.17, 15) is 0 Å². The fraction of sp³-hybridized carbons (Fsp3) is 0.500. The van der Waals surface area contributed by atoms with Crippen molar-refractivity contribution < 1.29 is 0 Å². The number of hydrogen-bond donors (Lipinski definition) is 0. The molecule has 1 aromatic carbocycles. The number of fused-ring (bicyclic) bond motifs is 2. The molecule has 1 heteroatoms. The predicted octanol–water partition coefficient (Wildman–Crippen LogP) is 3.46. The average molecular weight is 227 g/mol. The van der Waals surface area contributed by atoms with Crippen LogP contribution in [0.15, 0.2) is 30.3 Å². The van der Waals surface area contributed by atoms with Crippen molar-refractivity contribution in [1.82, 2.24) is 4.90 Å². The number of benzene rings is 1. The van der Waals surface area contributed by atoms with Crippen LogP contribution < -0.4 is 0 Å². The molecule has 0 radical (unpaired) electrons. The molecule has 1 nitrogen and oxygen atoms in total. The van der Waals surface area contributed by atoms with Gasteiger partial charge in [0.15, 0.2) is 0 Å². The molecule has 0 atom stereocenters. The van der Waals surface area contributed by atoms with Crippen LogP contribution >= 0.6 is 0 Å². The second-order valence-electron chi connectivity index (χ2n) is 5.71. The number of nitrogens with zero attached hydrogens (tertiary/aromatic N) is 1. The van der Waals surface area contributed by atoms with Crippen molar-refractivity contribution in [3.05, 3.63) is 41.5 Å². The first-order valence-electron chi connectivity index (χ1n) is 6.74.